The number of aliphatic hydroxyl groups is 1. The number of halogens is 2. The van der Waals surface area contributed by atoms with E-state index in [1.807, 2.05) is 0 Å². The molecule has 1 aromatic carbocycles. The molecule has 0 spiro atoms. The molecule has 0 saturated carbocycles. The van der Waals surface area contributed by atoms with Gasteiger partial charge >= 0.3 is 0 Å². The Morgan fingerprint density at radius 1 is 1.36 bits per heavy atom. The van der Waals surface area contributed by atoms with E-state index < -0.39 is 23.5 Å². The molecule has 14 heavy (non-hydrogen) atoms. The van der Waals surface area contributed by atoms with Crippen molar-refractivity contribution in [2.75, 3.05) is 0 Å². The van der Waals surface area contributed by atoms with Crippen LogP contribution in [-0.2, 0) is 6.42 Å². The van der Waals surface area contributed by atoms with E-state index in [0.717, 1.165) is 6.07 Å². The topological polar surface area (TPSA) is 40.5 Å². The second-order valence-electron chi connectivity index (χ2n) is 3.28. The van der Waals surface area contributed by atoms with Gasteiger partial charge in [-0.05, 0) is 31.4 Å². The Morgan fingerprint density at radius 3 is 2.57 bits per heavy atom. The van der Waals surface area contributed by atoms with Crippen LogP contribution < -0.4 is 0 Å². The van der Waals surface area contributed by atoms with Gasteiger partial charge in [0.25, 0.3) is 0 Å². The molecule has 0 aromatic heterocycles. The van der Waals surface area contributed by atoms with Crippen LogP contribution in [0.1, 0.15) is 18.9 Å². The third-order valence-corrected chi connectivity index (χ3v) is 1.94. The largest absolute Gasteiger partial charge is 0.505 e. The van der Waals surface area contributed by atoms with Gasteiger partial charge in [0, 0.05) is 6.07 Å². The Morgan fingerprint density at radius 2 is 2.00 bits per heavy atom. The molecule has 0 aliphatic carbocycles. The quantitative estimate of drug-likeness (QED) is 0.786. The summed E-state index contributed by atoms with van der Waals surface area (Å²) in [6.07, 6.45) is 0.0509. The molecule has 0 bridgehead atoms. The van der Waals surface area contributed by atoms with Crippen molar-refractivity contribution in [2.24, 2.45) is 0 Å². The minimum absolute atomic E-state index is 0.184. The van der Waals surface area contributed by atoms with Crippen molar-refractivity contribution in [3.63, 3.8) is 0 Å². The molecular formula is C10H12F2O2. The Kier molecular flexibility index (Phi) is 3.41. The molecule has 2 nitrogen and oxygen atoms in total. The van der Waals surface area contributed by atoms with Gasteiger partial charge in [-0.3, -0.25) is 0 Å². The van der Waals surface area contributed by atoms with E-state index >= 15 is 0 Å². The molecule has 0 fully saturated rings. The van der Waals surface area contributed by atoms with Crippen molar-refractivity contribution in [1.82, 2.24) is 0 Å². The molecule has 0 saturated heterocycles. The average Bonchev–Trinajstić information content (AvgIpc) is 2.08. The number of aryl methyl sites for hydroxylation is 1. The first-order valence-corrected chi connectivity index (χ1v) is 4.35. The lowest BCUT2D eigenvalue weighted by Crippen LogP contribution is -2.02. The van der Waals surface area contributed by atoms with Crippen LogP contribution >= 0.6 is 0 Å². The van der Waals surface area contributed by atoms with Crippen LogP contribution in [0.25, 0.3) is 0 Å². The highest BCUT2D eigenvalue weighted by atomic mass is 19.1. The molecule has 4 heteroatoms. The smallest absolute Gasteiger partial charge is 0.168 e. The van der Waals surface area contributed by atoms with Crippen molar-refractivity contribution in [2.45, 2.75) is 25.9 Å². The van der Waals surface area contributed by atoms with Gasteiger partial charge in [0.05, 0.1) is 6.10 Å². The van der Waals surface area contributed by atoms with E-state index in [-0.39, 0.29) is 12.0 Å². The average molecular weight is 202 g/mol. The van der Waals surface area contributed by atoms with Crippen molar-refractivity contribution in [3.05, 3.63) is 29.3 Å². The lowest BCUT2D eigenvalue weighted by molar-refractivity contribution is 0.184. The lowest BCUT2D eigenvalue weighted by Gasteiger charge is -2.07. The maximum absolute atomic E-state index is 12.8. The monoisotopic (exact) mass is 202 g/mol. The summed E-state index contributed by atoms with van der Waals surface area (Å²) in [6, 6.07) is 1.70. The minimum Gasteiger partial charge on any atom is -0.505 e. The fourth-order valence-electron chi connectivity index (χ4n) is 1.17. The van der Waals surface area contributed by atoms with Crippen LogP contribution in [-0.4, -0.2) is 16.3 Å². The molecule has 0 radical (unpaired) electrons. The summed E-state index contributed by atoms with van der Waals surface area (Å²) in [7, 11) is 0. The first kappa shape index (κ1) is 10.9. The van der Waals surface area contributed by atoms with E-state index in [2.05, 4.69) is 0 Å². The van der Waals surface area contributed by atoms with E-state index in [1.54, 1.807) is 6.92 Å². The minimum atomic E-state index is -0.967. The summed E-state index contributed by atoms with van der Waals surface area (Å²) in [5, 5.41) is 18.2. The van der Waals surface area contributed by atoms with Gasteiger partial charge in [-0.15, -0.1) is 0 Å². The van der Waals surface area contributed by atoms with Gasteiger partial charge in [-0.25, -0.2) is 8.78 Å². The van der Waals surface area contributed by atoms with Crippen LogP contribution in [0, 0.1) is 11.6 Å². The van der Waals surface area contributed by atoms with Crippen LogP contribution in [0.3, 0.4) is 0 Å². The zero-order valence-corrected chi connectivity index (χ0v) is 7.80. The fourth-order valence-corrected chi connectivity index (χ4v) is 1.17. The number of rotatable bonds is 3. The van der Waals surface area contributed by atoms with Gasteiger partial charge in [-0.2, -0.15) is 0 Å². The predicted molar refractivity (Wildman–Crippen MR) is 48.0 cm³/mol. The van der Waals surface area contributed by atoms with Crippen molar-refractivity contribution >= 4 is 0 Å². The van der Waals surface area contributed by atoms with Gasteiger partial charge in [0.15, 0.2) is 11.6 Å². The Bertz CT molecular complexity index is 324. The number of phenols is 1. The van der Waals surface area contributed by atoms with E-state index in [1.165, 1.54) is 0 Å². The number of benzene rings is 1. The highest BCUT2D eigenvalue weighted by molar-refractivity contribution is 5.34. The van der Waals surface area contributed by atoms with Gasteiger partial charge in [0.2, 0.25) is 0 Å². The second kappa shape index (κ2) is 4.37. The summed E-state index contributed by atoms with van der Waals surface area (Å²) < 4.78 is 25.5. The van der Waals surface area contributed by atoms with Gasteiger partial charge in [0.1, 0.15) is 5.82 Å². The normalized spacial score (nSPS) is 12.9. The second-order valence-corrected chi connectivity index (χ2v) is 3.28. The van der Waals surface area contributed by atoms with Crippen LogP contribution in [0.2, 0.25) is 0 Å². The number of phenolic OH excluding ortho intramolecular Hbond substituents is 1. The zero-order valence-electron chi connectivity index (χ0n) is 7.80. The highest BCUT2D eigenvalue weighted by Crippen LogP contribution is 2.24. The molecule has 0 aliphatic heterocycles. The van der Waals surface area contributed by atoms with Crippen molar-refractivity contribution in [3.8, 4) is 5.75 Å². The molecule has 0 amide bonds. The molecule has 0 aliphatic rings. The third kappa shape index (κ3) is 2.67. The van der Waals surface area contributed by atoms with Crippen LogP contribution in [0.15, 0.2) is 12.1 Å². The van der Waals surface area contributed by atoms with E-state index in [0.29, 0.717) is 12.5 Å². The maximum Gasteiger partial charge on any atom is 0.168 e. The number of aromatic hydroxyl groups is 1. The zero-order chi connectivity index (χ0) is 10.7. The molecule has 0 heterocycles. The van der Waals surface area contributed by atoms with Crippen molar-refractivity contribution < 1.29 is 19.0 Å². The summed E-state index contributed by atoms with van der Waals surface area (Å²) in [6.45, 7) is 1.58. The maximum atomic E-state index is 12.8. The Balaban J connectivity index is 2.85. The lowest BCUT2D eigenvalue weighted by atomic mass is 10.1. The van der Waals surface area contributed by atoms with Crippen LogP contribution in [0.5, 0.6) is 5.75 Å². The Labute approximate surface area is 80.8 Å². The highest BCUT2D eigenvalue weighted by Gasteiger charge is 2.10. The van der Waals surface area contributed by atoms with Crippen LogP contribution in [0.4, 0.5) is 8.78 Å². The number of hydrogen-bond donors (Lipinski definition) is 2. The first-order valence-electron chi connectivity index (χ1n) is 4.35. The molecule has 1 atom stereocenters. The standard InChI is InChI=1S/C10H12F2O2/c1-6(13)2-3-7-4-8(11)5-9(12)10(7)14/h4-6,13-14H,2-3H2,1H3/t6-/m0/s1. The first-order chi connectivity index (χ1) is 6.50. The van der Waals surface area contributed by atoms with Gasteiger partial charge in [-0.1, -0.05) is 0 Å². The molecular weight excluding hydrogens is 190 g/mol. The molecule has 1 rings (SSSR count). The van der Waals surface area contributed by atoms with E-state index in [9.17, 15) is 13.9 Å². The molecule has 2 N–H and O–H groups in total. The summed E-state index contributed by atoms with van der Waals surface area (Å²) in [5.74, 6) is -2.22. The number of aliphatic hydroxyl groups excluding tert-OH is 1. The predicted octanol–water partition coefficient (Wildman–Crippen LogP) is 1.98. The summed E-state index contributed by atoms with van der Waals surface area (Å²) in [5.41, 5.74) is 0.184. The number of hydrogen-bond acceptors (Lipinski definition) is 2. The SMILES string of the molecule is C[C@H](O)CCc1cc(F)cc(F)c1O. The molecule has 1 aromatic rings. The fraction of sp³-hybridized carbons (Fsp3) is 0.400. The summed E-state index contributed by atoms with van der Waals surface area (Å²) in [4.78, 5) is 0. The Hall–Kier alpha value is -1.16. The molecule has 0 unspecified atom stereocenters. The summed E-state index contributed by atoms with van der Waals surface area (Å²) >= 11 is 0. The van der Waals surface area contributed by atoms with Gasteiger partial charge < -0.3 is 10.2 Å². The van der Waals surface area contributed by atoms with Crippen molar-refractivity contribution in [1.29, 1.82) is 0 Å². The van der Waals surface area contributed by atoms with E-state index in [4.69, 9.17) is 5.11 Å². The third-order valence-electron chi connectivity index (χ3n) is 1.94. The molecule has 78 valence electrons.